The molecule has 0 aliphatic carbocycles. The normalized spacial score (nSPS) is 18.6. The van der Waals surface area contributed by atoms with Crippen LogP contribution in [0.4, 0.5) is 0 Å². The van der Waals surface area contributed by atoms with Gasteiger partial charge in [0.2, 0.25) is 23.6 Å². The van der Waals surface area contributed by atoms with Crippen LogP contribution in [0.25, 0.3) is 0 Å². The summed E-state index contributed by atoms with van der Waals surface area (Å²) in [5.41, 5.74) is 0. The number of piperazine rings is 1. The number of carboxylic acids is 1. The lowest BCUT2D eigenvalue weighted by Gasteiger charge is -2.35. The van der Waals surface area contributed by atoms with Crippen molar-refractivity contribution in [1.82, 2.24) is 36.4 Å². The highest BCUT2D eigenvalue weighted by atomic mass is 33.1. The van der Waals surface area contributed by atoms with Gasteiger partial charge in [0.05, 0.1) is 26.2 Å². The van der Waals surface area contributed by atoms with Crippen molar-refractivity contribution >= 4 is 57.7 Å². The summed E-state index contributed by atoms with van der Waals surface area (Å²) in [6.45, 7) is 1.61. The zero-order chi connectivity index (χ0) is 41.5. The monoisotopic (exact) mass is 833 g/mol. The third-order valence-corrected chi connectivity index (χ3v) is 10.5. The van der Waals surface area contributed by atoms with E-state index in [4.69, 9.17) is 0 Å². The third-order valence-electron chi connectivity index (χ3n) is 8.17. The second-order valence-electron chi connectivity index (χ2n) is 12.3. The molecule has 1 rings (SSSR count). The lowest BCUT2D eigenvalue weighted by atomic mass is 9.98. The first kappa shape index (κ1) is 50.1. The molecule has 0 aromatic heterocycles. The maximum atomic E-state index is 13.5. The Hall–Kier alpha value is -2.92. The molecule has 0 aromatic carbocycles. The number of amides is 4. The molecule has 1 heterocycles. The smallest absolute Gasteiger partial charge is 0.305 e. The molecule has 9 atom stereocenters. The Bertz CT molecular complexity index is 1190. The largest absolute Gasteiger partial charge is 0.481 e. The number of hydrogen-bond acceptors (Lipinski definition) is 20. The molecule has 1 aliphatic heterocycles. The number of rotatable bonds is 29. The van der Waals surface area contributed by atoms with Crippen molar-refractivity contribution < 1.29 is 79.5 Å². The summed E-state index contributed by atoms with van der Waals surface area (Å²) in [4.78, 5) is 79.1. The average Bonchev–Trinajstić information content (AvgIpc) is 3.17. The molecule has 0 aromatic rings. The predicted molar refractivity (Wildman–Crippen MR) is 195 cm³/mol. The number of aliphatic carboxylic acids is 1. The highest BCUT2D eigenvalue weighted by Gasteiger charge is 2.41. The van der Waals surface area contributed by atoms with Gasteiger partial charge in [0.1, 0.15) is 61.4 Å². The highest BCUT2D eigenvalue weighted by Crippen LogP contribution is 2.19. The van der Waals surface area contributed by atoms with Gasteiger partial charge in [0.15, 0.2) is 0 Å². The number of aliphatic hydroxyl groups excluding tert-OH is 8. The zero-order valence-corrected chi connectivity index (χ0v) is 31.9. The number of carboxylic acid groups (broad SMARTS) is 1. The number of likely N-dealkylation sites (N-methyl/N-ethyl adjacent to an activating group) is 1. The topological polar surface area (TPSA) is 360 Å². The van der Waals surface area contributed by atoms with Crippen LogP contribution in [-0.2, 0) is 33.5 Å². The van der Waals surface area contributed by atoms with Crippen molar-refractivity contribution in [2.45, 2.75) is 61.2 Å². The van der Waals surface area contributed by atoms with Crippen LogP contribution in [0.5, 0.6) is 0 Å². The molecule has 0 saturated carbocycles. The molecule has 0 radical (unpaired) electrons. The molecule has 0 spiro atoms. The summed E-state index contributed by atoms with van der Waals surface area (Å²) in [6, 6.07) is -6.36. The lowest BCUT2D eigenvalue weighted by molar-refractivity contribution is -0.145. The molecule has 1 fully saturated rings. The van der Waals surface area contributed by atoms with Crippen LogP contribution in [0.3, 0.4) is 0 Å². The Balaban J connectivity index is 3.20. The van der Waals surface area contributed by atoms with Crippen molar-refractivity contribution in [3.05, 3.63) is 0 Å². The van der Waals surface area contributed by atoms with E-state index >= 15 is 0 Å². The van der Waals surface area contributed by atoms with Crippen LogP contribution >= 0.6 is 21.6 Å². The minimum Gasteiger partial charge on any atom is -0.481 e. The maximum absolute atomic E-state index is 13.5. The Labute approximate surface area is 324 Å². The van der Waals surface area contributed by atoms with E-state index in [1.54, 1.807) is 4.90 Å². The molecular formula is C30H55N7O16S2. The SMILES string of the molecule is CNCCN1CCN(CC(=O)NC(C(=O)N[C@@H](CC(=O)O)C(=O)NC(C(=O)NCCSSCCOC=O)C(O)[C@H](O)[C@H](O)CO)C(O)[C@H](O)[C@H](O)CO)CC1. The van der Waals surface area contributed by atoms with E-state index in [9.17, 15) is 74.7 Å². The quantitative estimate of drug-likeness (QED) is 0.0189. The van der Waals surface area contributed by atoms with Gasteiger partial charge in [0, 0.05) is 57.3 Å². The second kappa shape index (κ2) is 27.6. The maximum Gasteiger partial charge on any atom is 0.305 e. The third kappa shape index (κ3) is 18.7. The summed E-state index contributed by atoms with van der Waals surface area (Å²) in [5.74, 6) is -5.83. The zero-order valence-electron chi connectivity index (χ0n) is 30.3. The van der Waals surface area contributed by atoms with Crippen LogP contribution in [-0.4, -0.2) is 237 Å². The van der Waals surface area contributed by atoms with Crippen molar-refractivity contribution in [2.24, 2.45) is 0 Å². The molecule has 1 aliphatic rings. The van der Waals surface area contributed by atoms with Gasteiger partial charge in [-0.3, -0.25) is 38.6 Å². The van der Waals surface area contributed by atoms with E-state index in [1.165, 1.54) is 21.6 Å². The number of ether oxygens (including phenoxy) is 1. The highest BCUT2D eigenvalue weighted by molar-refractivity contribution is 8.76. The summed E-state index contributed by atoms with van der Waals surface area (Å²) in [5, 5.41) is 102. The summed E-state index contributed by atoms with van der Waals surface area (Å²) in [6.07, 6.45) is -14.2. The number of nitrogens with zero attached hydrogens (tertiary/aromatic N) is 2. The molecule has 318 valence electrons. The van der Waals surface area contributed by atoms with Crippen LogP contribution in [0.2, 0.25) is 0 Å². The van der Waals surface area contributed by atoms with Crippen molar-refractivity contribution in [3.8, 4) is 0 Å². The van der Waals surface area contributed by atoms with Crippen molar-refractivity contribution in [2.75, 3.05) is 90.7 Å². The molecule has 1 saturated heterocycles. The second-order valence-corrected chi connectivity index (χ2v) is 15.0. The standard InChI is InChI=1S/C30H55N7O16S2/c1-31-2-4-36-5-7-37(8-6-36)13-20(43)34-23(27(49)25(47)19(42)15-39)30(52)33-17(12-21(44)45)28(50)35-22(26(48)24(46)18(41)14-38)29(51)32-3-10-54-55-11-9-53-16-40/h16-19,22-27,31,38-39,41-42,46-49H,2-15H2,1H3,(H,32,51)(H,33,52)(H,34,43)(H,35,50)(H,44,45)/t17-,18+,19+,22?,23?,24+,25+,26?,27?/m0/s1. The lowest BCUT2D eigenvalue weighted by Crippen LogP contribution is -2.64. The van der Waals surface area contributed by atoms with Gasteiger partial charge in [0.25, 0.3) is 6.47 Å². The fraction of sp³-hybridized carbons (Fsp3) is 0.800. The minimum atomic E-state index is -2.32. The number of hydrogen-bond donors (Lipinski definition) is 14. The van der Waals surface area contributed by atoms with E-state index in [0.29, 0.717) is 31.9 Å². The Kier molecular flexibility index (Phi) is 25.2. The first-order chi connectivity index (χ1) is 26.1. The van der Waals surface area contributed by atoms with E-state index in [-0.39, 0.29) is 31.9 Å². The van der Waals surface area contributed by atoms with E-state index < -0.39 is 104 Å². The van der Waals surface area contributed by atoms with E-state index in [0.717, 1.165) is 13.1 Å². The molecule has 25 heteroatoms. The molecule has 14 N–H and O–H groups in total. The summed E-state index contributed by atoms with van der Waals surface area (Å²) >= 11 is 0. The molecule has 4 unspecified atom stereocenters. The van der Waals surface area contributed by atoms with Gasteiger partial charge in [-0.15, -0.1) is 0 Å². The van der Waals surface area contributed by atoms with Crippen LogP contribution < -0.4 is 26.6 Å². The van der Waals surface area contributed by atoms with Crippen molar-refractivity contribution in [3.63, 3.8) is 0 Å². The van der Waals surface area contributed by atoms with Crippen LogP contribution in [0, 0.1) is 0 Å². The van der Waals surface area contributed by atoms with Crippen LogP contribution in [0.1, 0.15) is 6.42 Å². The first-order valence-electron chi connectivity index (χ1n) is 17.2. The predicted octanol–water partition coefficient (Wildman–Crippen LogP) is -8.43. The Morgan fingerprint density at radius 3 is 1.80 bits per heavy atom. The van der Waals surface area contributed by atoms with Gasteiger partial charge < -0.3 is 77.3 Å². The molecular weight excluding hydrogens is 778 g/mol. The van der Waals surface area contributed by atoms with Gasteiger partial charge in [-0.2, -0.15) is 0 Å². The van der Waals surface area contributed by atoms with Gasteiger partial charge in [-0.25, -0.2) is 0 Å². The molecule has 4 amide bonds. The van der Waals surface area contributed by atoms with Gasteiger partial charge in [-0.05, 0) is 7.05 Å². The molecule has 0 bridgehead atoms. The average molecular weight is 834 g/mol. The number of nitrogens with one attached hydrogen (secondary N) is 5. The number of carbonyl (C=O) groups excluding carboxylic acids is 5. The van der Waals surface area contributed by atoms with E-state index in [2.05, 4.69) is 25.6 Å². The first-order valence-corrected chi connectivity index (χ1v) is 19.7. The Morgan fingerprint density at radius 2 is 1.27 bits per heavy atom. The fourth-order valence-electron chi connectivity index (χ4n) is 5.01. The number of aliphatic hydroxyl groups is 8. The van der Waals surface area contributed by atoms with E-state index in [1.807, 2.05) is 17.7 Å². The van der Waals surface area contributed by atoms with Crippen LogP contribution in [0.15, 0.2) is 0 Å². The summed E-state index contributed by atoms with van der Waals surface area (Å²) in [7, 11) is 4.36. The van der Waals surface area contributed by atoms with Gasteiger partial charge >= 0.3 is 5.97 Å². The molecule has 23 nitrogen and oxygen atoms in total. The summed E-state index contributed by atoms with van der Waals surface area (Å²) < 4.78 is 4.55. The fourth-order valence-corrected chi connectivity index (χ4v) is 6.76. The molecule has 55 heavy (non-hydrogen) atoms. The number of carbonyl (C=O) groups is 6. The van der Waals surface area contributed by atoms with Crippen molar-refractivity contribution in [1.29, 1.82) is 0 Å². The minimum absolute atomic E-state index is 0.0780. The van der Waals surface area contributed by atoms with Gasteiger partial charge in [-0.1, -0.05) is 21.6 Å². The Morgan fingerprint density at radius 1 is 0.727 bits per heavy atom.